The van der Waals surface area contributed by atoms with E-state index in [0.717, 1.165) is 10.0 Å². The summed E-state index contributed by atoms with van der Waals surface area (Å²) in [6.45, 7) is 4.77. The van der Waals surface area contributed by atoms with E-state index >= 15 is 0 Å². The normalized spacial score (nSPS) is 17.3. The second kappa shape index (κ2) is 7.66. The van der Waals surface area contributed by atoms with Crippen LogP contribution in [0.2, 0.25) is 0 Å². The van der Waals surface area contributed by atoms with Gasteiger partial charge in [-0.3, -0.25) is 9.59 Å². The summed E-state index contributed by atoms with van der Waals surface area (Å²) in [5.74, 6) is -0.903. The van der Waals surface area contributed by atoms with Crippen LogP contribution in [0.3, 0.4) is 0 Å². The molecule has 1 aliphatic rings. The second-order valence-corrected chi connectivity index (χ2v) is 7.81. The predicted octanol–water partition coefficient (Wildman–Crippen LogP) is 3.11. The van der Waals surface area contributed by atoms with Crippen molar-refractivity contribution in [2.75, 3.05) is 19.8 Å². The topological polar surface area (TPSA) is 75.6 Å². The van der Waals surface area contributed by atoms with Gasteiger partial charge in [0.25, 0.3) is 0 Å². The first-order chi connectivity index (χ1) is 11.3. The molecule has 0 aliphatic carbocycles. The molecule has 1 amide bonds. The summed E-state index contributed by atoms with van der Waals surface area (Å²) in [5.41, 5.74) is -0.482. The van der Waals surface area contributed by atoms with E-state index in [2.05, 4.69) is 21.2 Å². The third-order valence-corrected chi connectivity index (χ3v) is 5.32. The van der Waals surface area contributed by atoms with Crippen LogP contribution >= 0.6 is 15.9 Å². The fraction of sp³-hybridized carbons (Fsp3) is 0.556. The number of ether oxygens (including phenoxy) is 1. The maximum Gasteiger partial charge on any atom is 0.309 e. The highest BCUT2D eigenvalue weighted by atomic mass is 79.9. The molecule has 0 bridgehead atoms. The lowest BCUT2D eigenvalue weighted by Crippen LogP contribution is -2.48. The van der Waals surface area contributed by atoms with Crippen molar-refractivity contribution >= 4 is 27.8 Å². The van der Waals surface area contributed by atoms with Crippen molar-refractivity contribution in [3.05, 3.63) is 34.3 Å². The van der Waals surface area contributed by atoms with Gasteiger partial charge in [0.05, 0.1) is 10.8 Å². The SMILES string of the molecule is CC(C)(CCNC(=O)C1(c2ccc(Br)cc2)CCOCC1)C(=O)O. The number of halogens is 1. The summed E-state index contributed by atoms with van der Waals surface area (Å²) in [4.78, 5) is 24.1. The highest BCUT2D eigenvalue weighted by Gasteiger charge is 2.41. The molecule has 0 radical (unpaired) electrons. The molecule has 1 aromatic carbocycles. The second-order valence-electron chi connectivity index (χ2n) is 6.90. The smallest absolute Gasteiger partial charge is 0.309 e. The highest BCUT2D eigenvalue weighted by molar-refractivity contribution is 9.10. The summed E-state index contributed by atoms with van der Waals surface area (Å²) < 4.78 is 6.41. The van der Waals surface area contributed by atoms with Crippen molar-refractivity contribution in [1.82, 2.24) is 5.32 Å². The van der Waals surface area contributed by atoms with E-state index in [1.807, 2.05) is 24.3 Å². The summed E-state index contributed by atoms with van der Waals surface area (Å²) >= 11 is 3.42. The van der Waals surface area contributed by atoms with Gasteiger partial charge < -0.3 is 15.2 Å². The standard InChI is InChI=1S/C18H24BrNO4/c1-17(2,16(22)23)7-10-20-15(21)18(8-11-24-12-9-18)13-3-5-14(19)6-4-13/h3-6H,7-12H2,1-2H3,(H,20,21)(H,22,23). The minimum atomic E-state index is -0.856. The van der Waals surface area contributed by atoms with Crippen LogP contribution in [0, 0.1) is 5.41 Å². The molecule has 5 nitrogen and oxygen atoms in total. The summed E-state index contributed by atoms with van der Waals surface area (Å²) in [6.07, 6.45) is 1.65. The maximum absolute atomic E-state index is 12.9. The van der Waals surface area contributed by atoms with Gasteiger partial charge in [0.15, 0.2) is 0 Å². The van der Waals surface area contributed by atoms with E-state index in [4.69, 9.17) is 4.74 Å². The van der Waals surface area contributed by atoms with E-state index in [-0.39, 0.29) is 5.91 Å². The first-order valence-electron chi connectivity index (χ1n) is 8.13. The Balaban J connectivity index is 2.11. The molecule has 0 unspecified atom stereocenters. The van der Waals surface area contributed by atoms with E-state index < -0.39 is 16.8 Å². The van der Waals surface area contributed by atoms with Crippen molar-refractivity contribution in [3.63, 3.8) is 0 Å². The number of amides is 1. The van der Waals surface area contributed by atoms with Crippen molar-refractivity contribution in [3.8, 4) is 0 Å². The van der Waals surface area contributed by atoms with Gasteiger partial charge in [-0.15, -0.1) is 0 Å². The zero-order valence-corrected chi connectivity index (χ0v) is 15.7. The monoisotopic (exact) mass is 397 g/mol. The molecule has 6 heteroatoms. The molecule has 2 N–H and O–H groups in total. The van der Waals surface area contributed by atoms with Crippen LogP contribution in [0.15, 0.2) is 28.7 Å². The van der Waals surface area contributed by atoms with Gasteiger partial charge in [0.1, 0.15) is 0 Å². The first kappa shape index (κ1) is 18.9. The molecule has 1 aromatic rings. The first-order valence-corrected chi connectivity index (χ1v) is 8.93. The van der Waals surface area contributed by atoms with Gasteiger partial charge >= 0.3 is 5.97 Å². The van der Waals surface area contributed by atoms with Crippen LogP contribution in [0.5, 0.6) is 0 Å². The number of hydrogen-bond donors (Lipinski definition) is 2. The van der Waals surface area contributed by atoms with Crippen LogP contribution in [-0.4, -0.2) is 36.7 Å². The Bertz CT molecular complexity index is 592. The van der Waals surface area contributed by atoms with Gasteiger partial charge in [-0.2, -0.15) is 0 Å². The quantitative estimate of drug-likeness (QED) is 0.772. The highest BCUT2D eigenvalue weighted by Crippen LogP contribution is 2.36. The van der Waals surface area contributed by atoms with E-state index in [9.17, 15) is 14.7 Å². The minimum absolute atomic E-state index is 0.0469. The van der Waals surface area contributed by atoms with Gasteiger partial charge in [0, 0.05) is 24.2 Å². The van der Waals surface area contributed by atoms with E-state index in [1.54, 1.807) is 13.8 Å². The van der Waals surface area contributed by atoms with Crippen molar-refractivity contribution in [2.24, 2.45) is 5.41 Å². The van der Waals surface area contributed by atoms with Crippen molar-refractivity contribution in [2.45, 2.75) is 38.5 Å². The Morgan fingerprint density at radius 3 is 2.38 bits per heavy atom. The number of carboxylic acids is 1. The third kappa shape index (κ3) is 4.16. The summed E-state index contributed by atoms with van der Waals surface area (Å²) in [7, 11) is 0. The molecule has 0 aromatic heterocycles. The zero-order valence-electron chi connectivity index (χ0n) is 14.1. The zero-order chi connectivity index (χ0) is 17.8. The largest absolute Gasteiger partial charge is 0.481 e. The molecule has 1 saturated heterocycles. The van der Waals surface area contributed by atoms with Gasteiger partial charge in [-0.1, -0.05) is 28.1 Å². The maximum atomic E-state index is 12.9. The van der Waals surface area contributed by atoms with Gasteiger partial charge in [-0.25, -0.2) is 0 Å². The Kier molecular flexibility index (Phi) is 6.04. The molecule has 0 saturated carbocycles. The average molecular weight is 398 g/mol. The van der Waals surface area contributed by atoms with Gasteiger partial charge in [-0.05, 0) is 50.8 Å². The number of hydrogen-bond acceptors (Lipinski definition) is 3. The van der Waals surface area contributed by atoms with Crippen LogP contribution in [0.4, 0.5) is 0 Å². The third-order valence-electron chi connectivity index (χ3n) is 4.79. The number of carbonyl (C=O) groups excluding carboxylic acids is 1. The van der Waals surface area contributed by atoms with Crippen molar-refractivity contribution in [1.29, 1.82) is 0 Å². The van der Waals surface area contributed by atoms with Crippen LogP contribution < -0.4 is 5.32 Å². The Hall–Kier alpha value is -1.40. The Morgan fingerprint density at radius 1 is 1.25 bits per heavy atom. The van der Waals surface area contributed by atoms with Crippen molar-refractivity contribution < 1.29 is 19.4 Å². The molecular formula is C18H24BrNO4. The van der Waals surface area contributed by atoms with Crippen LogP contribution in [-0.2, 0) is 19.7 Å². The average Bonchev–Trinajstić information content (AvgIpc) is 2.55. The predicted molar refractivity (Wildman–Crippen MR) is 94.9 cm³/mol. The minimum Gasteiger partial charge on any atom is -0.481 e. The lowest BCUT2D eigenvalue weighted by atomic mass is 9.73. The van der Waals surface area contributed by atoms with E-state index in [0.29, 0.717) is 39.0 Å². The number of rotatable bonds is 6. The molecule has 132 valence electrons. The molecule has 2 rings (SSSR count). The lowest BCUT2D eigenvalue weighted by molar-refractivity contribution is -0.147. The Labute approximate surface area is 150 Å². The fourth-order valence-electron chi connectivity index (χ4n) is 2.90. The number of benzene rings is 1. The van der Waals surface area contributed by atoms with Gasteiger partial charge in [0.2, 0.25) is 5.91 Å². The van der Waals surface area contributed by atoms with E-state index in [1.165, 1.54) is 0 Å². The molecule has 1 heterocycles. The summed E-state index contributed by atoms with van der Waals surface area (Å²) in [5, 5.41) is 12.1. The van der Waals surface area contributed by atoms with Crippen LogP contribution in [0.25, 0.3) is 0 Å². The summed E-state index contributed by atoms with van der Waals surface area (Å²) in [6, 6.07) is 7.81. The molecule has 1 fully saturated rings. The fourth-order valence-corrected chi connectivity index (χ4v) is 3.16. The number of carbonyl (C=O) groups is 2. The number of nitrogens with one attached hydrogen (secondary N) is 1. The molecule has 1 aliphatic heterocycles. The molecule has 0 spiro atoms. The molecule has 24 heavy (non-hydrogen) atoms. The molecule has 0 atom stereocenters. The molecular weight excluding hydrogens is 374 g/mol. The number of carboxylic acid groups (broad SMARTS) is 1. The number of aliphatic carboxylic acids is 1. The lowest BCUT2D eigenvalue weighted by Gasteiger charge is -2.36. The van der Waals surface area contributed by atoms with Crippen LogP contribution in [0.1, 0.15) is 38.7 Å². The Morgan fingerprint density at radius 2 is 1.83 bits per heavy atom.